The van der Waals surface area contributed by atoms with Crippen LogP contribution in [0, 0.1) is 5.92 Å². The molecule has 0 spiro atoms. The number of nitrogens with one attached hydrogen (secondary N) is 1. The Morgan fingerprint density at radius 2 is 1.97 bits per heavy atom. The summed E-state index contributed by atoms with van der Waals surface area (Å²) in [5.74, 6) is 2.17. The zero-order valence-electron chi connectivity index (χ0n) is 17.5. The van der Waals surface area contributed by atoms with Crippen molar-refractivity contribution < 1.29 is 19.0 Å². The van der Waals surface area contributed by atoms with Gasteiger partial charge in [-0.15, -0.1) is 11.3 Å². The SMILES string of the molecule is COc1cc(CC(=O)Nc2nc(CN3CCC[C@H](C)C3)cs2)cc(OC)c1OC. The second-order valence-corrected chi connectivity index (χ2v) is 8.24. The standard InChI is InChI=1S/C21H29N3O4S/c1-14-6-5-7-24(11-14)12-16-13-29-21(22-16)23-19(25)10-15-8-17(26-2)20(28-4)18(9-15)27-3/h8-9,13-14H,5-7,10-12H2,1-4H3,(H,22,23,25)/t14-/m0/s1. The molecule has 1 amide bonds. The van der Waals surface area contributed by atoms with Crippen LogP contribution in [0.3, 0.4) is 0 Å². The average Bonchev–Trinajstić information content (AvgIpc) is 3.13. The van der Waals surface area contributed by atoms with Gasteiger partial charge in [0, 0.05) is 18.5 Å². The van der Waals surface area contributed by atoms with Crippen LogP contribution in [0.15, 0.2) is 17.5 Å². The third-order valence-electron chi connectivity index (χ3n) is 5.01. The number of amides is 1. The number of likely N-dealkylation sites (tertiary alicyclic amines) is 1. The van der Waals surface area contributed by atoms with E-state index in [4.69, 9.17) is 14.2 Å². The van der Waals surface area contributed by atoms with Crippen molar-refractivity contribution in [2.75, 3.05) is 39.7 Å². The quantitative estimate of drug-likeness (QED) is 0.705. The van der Waals surface area contributed by atoms with Crippen LogP contribution >= 0.6 is 11.3 Å². The molecule has 1 aliphatic heterocycles. The van der Waals surface area contributed by atoms with Crippen LogP contribution in [0.4, 0.5) is 5.13 Å². The highest BCUT2D eigenvalue weighted by Gasteiger charge is 2.18. The maximum Gasteiger partial charge on any atom is 0.230 e. The summed E-state index contributed by atoms with van der Waals surface area (Å²) in [6.45, 7) is 5.36. The molecule has 2 aromatic rings. The van der Waals surface area contributed by atoms with Crippen LogP contribution in [0.5, 0.6) is 17.2 Å². The molecule has 2 heterocycles. The van der Waals surface area contributed by atoms with E-state index in [1.807, 2.05) is 5.38 Å². The molecule has 1 aliphatic rings. The highest BCUT2D eigenvalue weighted by Crippen LogP contribution is 2.38. The van der Waals surface area contributed by atoms with E-state index in [0.717, 1.165) is 36.8 Å². The van der Waals surface area contributed by atoms with Gasteiger partial charge in [-0.1, -0.05) is 6.92 Å². The highest BCUT2D eigenvalue weighted by molar-refractivity contribution is 7.13. The Hall–Kier alpha value is -2.32. The molecule has 1 saturated heterocycles. The first-order valence-corrected chi connectivity index (χ1v) is 10.7. The number of benzene rings is 1. The van der Waals surface area contributed by atoms with Crippen LogP contribution in [0.1, 0.15) is 31.0 Å². The first-order valence-electron chi connectivity index (χ1n) is 9.77. The van der Waals surface area contributed by atoms with E-state index in [1.165, 1.54) is 24.2 Å². The monoisotopic (exact) mass is 419 g/mol. The van der Waals surface area contributed by atoms with E-state index in [-0.39, 0.29) is 12.3 Å². The minimum atomic E-state index is -0.133. The Morgan fingerprint density at radius 3 is 2.59 bits per heavy atom. The molecule has 3 rings (SSSR count). The van der Waals surface area contributed by atoms with E-state index in [2.05, 4.69) is 22.1 Å². The number of piperidine rings is 1. The number of carbonyl (C=O) groups excluding carboxylic acids is 1. The molecule has 0 radical (unpaired) electrons. The maximum atomic E-state index is 12.5. The molecule has 0 aliphatic carbocycles. The van der Waals surface area contributed by atoms with Crippen molar-refractivity contribution in [1.82, 2.24) is 9.88 Å². The number of ether oxygens (including phenoxy) is 3. The lowest BCUT2D eigenvalue weighted by molar-refractivity contribution is -0.115. The van der Waals surface area contributed by atoms with Gasteiger partial charge in [-0.2, -0.15) is 0 Å². The van der Waals surface area contributed by atoms with Crippen LogP contribution in [0.2, 0.25) is 0 Å². The molecule has 7 nitrogen and oxygen atoms in total. The fraction of sp³-hybridized carbons (Fsp3) is 0.524. The molecule has 1 atom stereocenters. The Balaban J connectivity index is 1.60. The summed E-state index contributed by atoms with van der Waals surface area (Å²) in [4.78, 5) is 19.5. The minimum Gasteiger partial charge on any atom is -0.493 e. The topological polar surface area (TPSA) is 72.9 Å². The van der Waals surface area contributed by atoms with Gasteiger partial charge in [0.2, 0.25) is 11.7 Å². The first kappa shape index (κ1) is 21.4. The number of nitrogens with zero attached hydrogens (tertiary/aromatic N) is 2. The Kier molecular flexibility index (Phi) is 7.33. The third-order valence-corrected chi connectivity index (χ3v) is 5.82. The zero-order chi connectivity index (χ0) is 20.8. The largest absolute Gasteiger partial charge is 0.493 e. The number of methoxy groups -OCH3 is 3. The molecule has 29 heavy (non-hydrogen) atoms. The summed E-state index contributed by atoms with van der Waals surface area (Å²) in [5.41, 5.74) is 1.78. The lowest BCUT2D eigenvalue weighted by Crippen LogP contribution is -2.33. The van der Waals surface area contributed by atoms with E-state index >= 15 is 0 Å². The summed E-state index contributed by atoms with van der Waals surface area (Å²) in [5, 5.41) is 5.55. The zero-order valence-corrected chi connectivity index (χ0v) is 18.3. The Bertz CT molecular complexity index is 814. The molecule has 1 aromatic carbocycles. The second kappa shape index (κ2) is 9.93. The Morgan fingerprint density at radius 1 is 1.24 bits per heavy atom. The summed E-state index contributed by atoms with van der Waals surface area (Å²) < 4.78 is 16.0. The lowest BCUT2D eigenvalue weighted by atomic mass is 10.0. The van der Waals surface area contributed by atoms with E-state index in [9.17, 15) is 4.79 Å². The van der Waals surface area contributed by atoms with E-state index < -0.39 is 0 Å². The number of carbonyl (C=O) groups is 1. The molecule has 1 N–H and O–H groups in total. The van der Waals surface area contributed by atoms with Crippen molar-refractivity contribution in [2.45, 2.75) is 32.7 Å². The van der Waals surface area contributed by atoms with Gasteiger partial charge in [0.15, 0.2) is 16.6 Å². The van der Waals surface area contributed by atoms with Gasteiger partial charge >= 0.3 is 0 Å². The van der Waals surface area contributed by atoms with Gasteiger partial charge in [0.05, 0.1) is 33.4 Å². The van der Waals surface area contributed by atoms with Crippen molar-refractivity contribution in [1.29, 1.82) is 0 Å². The van der Waals surface area contributed by atoms with Crippen molar-refractivity contribution in [3.05, 3.63) is 28.8 Å². The van der Waals surface area contributed by atoms with Gasteiger partial charge in [-0.05, 0) is 43.0 Å². The van der Waals surface area contributed by atoms with Gasteiger partial charge in [0.1, 0.15) is 0 Å². The van der Waals surface area contributed by atoms with Crippen LogP contribution in [-0.2, 0) is 17.8 Å². The highest BCUT2D eigenvalue weighted by atomic mass is 32.1. The van der Waals surface area contributed by atoms with Crippen LogP contribution in [0.25, 0.3) is 0 Å². The van der Waals surface area contributed by atoms with Crippen molar-refractivity contribution in [2.24, 2.45) is 5.92 Å². The predicted molar refractivity (Wildman–Crippen MR) is 114 cm³/mol. The van der Waals surface area contributed by atoms with Gasteiger partial charge < -0.3 is 19.5 Å². The molecule has 0 unspecified atom stereocenters. The normalized spacial score (nSPS) is 17.0. The van der Waals surface area contributed by atoms with Crippen molar-refractivity contribution in [3.63, 3.8) is 0 Å². The summed E-state index contributed by atoms with van der Waals surface area (Å²) in [6.07, 6.45) is 2.73. The summed E-state index contributed by atoms with van der Waals surface area (Å²) in [6, 6.07) is 3.57. The van der Waals surface area contributed by atoms with E-state index in [0.29, 0.717) is 22.4 Å². The average molecular weight is 420 g/mol. The first-order chi connectivity index (χ1) is 14.0. The number of thiazole rings is 1. The summed E-state index contributed by atoms with van der Waals surface area (Å²) >= 11 is 1.46. The fourth-order valence-electron chi connectivity index (χ4n) is 3.68. The van der Waals surface area contributed by atoms with Crippen LogP contribution < -0.4 is 19.5 Å². The van der Waals surface area contributed by atoms with Crippen molar-refractivity contribution in [3.8, 4) is 17.2 Å². The van der Waals surface area contributed by atoms with E-state index in [1.54, 1.807) is 33.5 Å². The minimum absolute atomic E-state index is 0.133. The van der Waals surface area contributed by atoms with Gasteiger partial charge in [-0.3, -0.25) is 9.69 Å². The number of aromatic nitrogens is 1. The smallest absolute Gasteiger partial charge is 0.230 e. The third kappa shape index (κ3) is 5.61. The number of rotatable bonds is 8. The van der Waals surface area contributed by atoms with Crippen LogP contribution in [-0.4, -0.2) is 50.2 Å². The molecular formula is C21H29N3O4S. The lowest BCUT2D eigenvalue weighted by Gasteiger charge is -2.30. The molecule has 8 heteroatoms. The predicted octanol–water partition coefficient (Wildman–Crippen LogP) is 3.58. The molecular weight excluding hydrogens is 390 g/mol. The fourth-order valence-corrected chi connectivity index (χ4v) is 4.40. The Labute approximate surface area is 176 Å². The summed E-state index contributed by atoms with van der Waals surface area (Å²) in [7, 11) is 4.67. The second-order valence-electron chi connectivity index (χ2n) is 7.39. The molecule has 0 bridgehead atoms. The molecule has 1 aromatic heterocycles. The van der Waals surface area contributed by atoms with Gasteiger partial charge in [-0.25, -0.2) is 4.98 Å². The number of anilines is 1. The van der Waals surface area contributed by atoms with Gasteiger partial charge in [0.25, 0.3) is 0 Å². The number of hydrogen-bond acceptors (Lipinski definition) is 7. The molecule has 1 fully saturated rings. The maximum absolute atomic E-state index is 12.5. The molecule has 0 saturated carbocycles. The number of hydrogen-bond donors (Lipinski definition) is 1. The van der Waals surface area contributed by atoms with Crippen molar-refractivity contribution >= 4 is 22.4 Å². The molecule has 158 valence electrons.